The molecule has 0 aliphatic carbocycles. The third-order valence-electron chi connectivity index (χ3n) is 3.92. The molecule has 0 spiro atoms. The van der Waals surface area contributed by atoms with Crippen LogP contribution in [0.2, 0.25) is 0 Å². The van der Waals surface area contributed by atoms with Crippen molar-refractivity contribution in [2.75, 3.05) is 58.9 Å². The molecule has 0 aromatic rings. The van der Waals surface area contributed by atoms with Crippen LogP contribution in [0.1, 0.15) is 20.3 Å². The summed E-state index contributed by atoms with van der Waals surface area (Å²) in [5.41, 5.74) is 5.24. The number of aliphatic hydroxyl groups is 2. The summed E-state index contributed by atoms with van der Waals surface area (Å²) in [5.74, 6) is -0.276. The summed E-state index contributed by atoms with van der Waals surface area (Å²) in [6.45, 7) is 10.8. The number of nitrogens with two attached hydrogens (primary N) is 1. The Kier molecular flexibility index (Phi) is 8.89. The van der Waals surface area contributed by atoms with E-state index in [9.17, 15) is 15.0 Å². The van der Waals surface area contributed by atoms with Gasteiger partial charge >= 0.3 is 0 Å². The fraction of sp³-hybridized carbons (Fsp3) is 0.933. The number of amides is 1. The van der Waals surface area contributed by atoms with Crippen molar-refractivity contribution in [2.24, 2.45) is 5.73 Å². The van der Waals surface area contributed by atoms with Crippen LogP contribution < -0.4 is 5.73 Å². The molecule has 1 heterocycles. The Morgan fingerprint density at radius 1 is 0.909 bits per heavy atom. The molecule has 1 saturated heterocycles. The minimum Gasteiger partial charge on any atom is -0.392 e. The van der Waals surface area contributed by atoms with E-state index in [0.29, 0.717) is 26.1 Å². The van der Waals surface area contributed by atoms with Crippen LogP contribution in [0.25, 0.3) is 0 Å². The molecular weight excluding hydrogens is 284 g/mol. The van der Waals surface area contributed by atoms with E-state index in [2.05, 4.69) is 14.7 Å². The fourth-order valence-corrected chi connectivity index (χ4v) is 2.79. The predicted octanol–water partition coefficient (Wildman–Crippen LogP) is -1.46. The summed E-state index contributed by atoms with van der Waals surface area (Å²) in [6.07, 6.45) is -0.345. The molecule has 1 amide bonds. The second kappa shape index (κ2) is 10.1. The van der Waals surface area contributed by atoms with Gasteiger partial charge in [-0.3, -0.25) is 14.6 Å². The Morgan fingerprint density at radius 3 is 1.59 bits per heavy atom. The first-order valence-electron chi connectivity index (χ1n) is 8.18. The number of hydrogen-bond donors (Lipinski definition) is 3. The van der Waals surface area contributed by atoms with E-state index in [1.807, 2.05) is 0 Å². The van der Waals surface area contributed by atoms with Crippen LogP contribution in [0.3, 0.4) is 0 Å². The first-order valence-corrected chi connectivity index (χ1v) is 8.18. The first-order chi connectivity index (χ1) is 10.4. The average Bonchev–Trinajstić information content (AvgIpc) is 2.48. The molecule has 0 aromatic carbocycles. The van der Waals surface area contributed by atoms with Crippen LogP contribution in [-0.4, -0.2) is 102 Å². The molecule has 0 unspecified atom stereocenters. The largest absolute Gasteiger partial charge is 0.392 e. The molecule has 4 N–H and O–H groups in total. The van der Waals surface area contributed by atoms with Gasteiger partial charge in [0.15, 0.2) is 0 Å². The van der Waals surface area contributed by atoms with Gasteiger partial charge in [-0.15, -0.1) is 0 Å². The van der Waals surface area contributed by atoms with Crippen molar-refractivity contribution in [3.05, 3.63) is 0 Å². The SMILES string of the molecule is C[C@H](O)CN1CCN(CCC(N)=O)CCN(C[C@H](C)O)CC1. The number of primary amides is 1. The molecule has 130 valence electrons. The van der Waals surface area contributed by atoms with Crippen LogP contribution in [0, 0.1) is 0 Å². The van der Waals surface area contributed by atoms with E-state index in [1.54, 1.807) is 13.8 Å². The van der Waals surface area contributed by atoms with Gasteiger partial charge in [0.2, 0.25) is 5.91 Å². The number of carbonyl (C=O) groups is 1. The van der Waals surface area contributed by atoms with Gasteiger partial charge in [0.1, 0.15) is 0 Å². The summed E-state index contributed by atoms with van der Waals surface area (Å²) in [4.78, 5) is 17.7. The van der Waals surface area contributed by atoms with Crippen molar-refractivity contribution in [1.82, 2.24) is 14.7 Å². The maximum Gasteiger partial charge on any atom is 0.218 e. The molecule has 0 bridgehead atoms. The zero-order chi connectivity index (χ0) is 16.5. The van der Waals surface area contributed by atoms with E-state index in [4.69, 9.17) is 5.73 Å². The van der Waals surface area contributed by atoms with Crippen LogP contribution >= 0.6 is 0 Å². The zero-order valence-electron chi connectivity index (χ0n) is 13.9. The van der Waals surface area contributed by atoms with Crippen LogP contribution in [0.5, 0.6) is 0 Å². The summed E-state index contributed by atoms with van der Waals surface area (Å²) in [7, 11) is 0. The lowest BCUT2D eigenvalue weighted by Crippen LogP contribution is -2.41. The Balaban J connectivity index is 2.61. The maximum atomic E-state index is 11.0. The van der Waals surface area contributed by atoms with Crippen LogP contribution in [0.15, 0.2) is 0 Å². The molecule has 1 fully saturated rings. The molecular formula is C15H32N4O3. The molecule has 1 rings (SSSR count). The number of β-amino-alcohol motifs (C(OH)–C–C–N with tert-alkyl or cyclic N) is 2. The van der Waals surface area contributed by atoms with Gasteiger partial charge < -0.3 is 20.8 Å². The van der Waals surface area contributed by atoms with Gasteiger partial charge in [-0.25, -0.2) is 0 Å². The minimum atomic E-state index is -0.356. The molecule has 1 aliphatic rings. The normalized spacial score (nSPS) is 22.5. The van der Waals surface area contributed by atoms with Crippen molar-refractivity contribution >= 4 is 5.91 Å². The van der Waals surface area contributed by atoms with Crippen molar-refractivity contribution in [1.29, 1.82) is 0 Å². The average molecular weight is 316 g/mol. The summed E-state index contributed by atoms with van der Waals surface area (Å²) in [6, 6.07) is 0. The minimum absolute atomic E-state index is 0.276. The third kappa shape index (κ3) is 8.65. The van der Waals surface area contributed by atoms with Crippen molar-refractivity contribution in [2.45, 2.75) is 32.5 Å². The monoisotopic (exact) mass is 316 g/mol. The Bertz CT molecular complexity index is 304. The topological polar surface area (TPSA) is 93.3 Å². The van der Waals surface area contributed by atoms with Gasteiger partial charge in [-0.05, 0) is 13.8 Å². The van der Waals surface area contributed by atoms with Gasteiger partial charge in [0.05, 0.1) is 12.2 Å². The summed E-state index contributed by atoms with van der Waals surface area (Å²) in [5, 5.41) is 19.2. The first kappa shape index (κ1) is 19.3. The fourth-order valence-electron chi connectivity index (χ4n) is 2.79. The number of nitrogens with zero attached hydrogens (tertiary/aromatic N) is 3. The van der Waals surface area contributed by atoms with E-state index in [-0.39, 0.29) is 18.1 Å². The van der Waals surface area contributed by atoms with Crippen LogP contribution in [-0.2, 0) is 4.79 Å². The quantitative estimate of drug-likeness (QED) is 0.532. The van der Waals surface area contributed by atoms with Gasteiger partial charge in [-0.2, -0.15) is 0 Å². The molecule has 0 radical (unpaired) electrons. The smallest absolute Gasteiger partial charge is 0.218 e. The number of rotatable bonds is 7. The number of aliphatic hydroxyl groups excluding tert-OH is 2. The molecule has 0 saturated carbocycles. The second-order valence-electron chi connectivity index (χ2n) is 6.36. The number of hydrogen-bond acceptors (Lipinski definition) is 6. The van der Waals surface area contributed by atoms with Gasteiger partial charge in [0, 0.05) is 65.3 Å². The highest BCUT2D eigenvalue weighted by Crippen LogP contribution is 2.03. The maximum absolute atomic E-state index is 11.0. The Labute approximate surface area is 133 Å². The lowest BCUT2D eigenvalue weighted by molar-refractivity contribution is -0.118. The summed E-state index contributed by atoms with van der Waals surface area (Å²) >= 11 is 0. The standard InChI is InChI=1S/C15H32N4O3/c1-13(20)11-18-7-5-17(4-3-15(16)22)6-8-19(10-9-18)12-14(2)21/h13-14,20-21H,3-12H2,1-2H3,(H2,16,22)/t13-,14-/m0/s1. The molecule has 22 heavy (non-hydrogen) atoms. The Morgan fingerprint density at radius 2 is 1.27 bits per heavy atom. The van der Waals surface area contributed by atoms with E-state index in [1.165, 1.54) is 0 Å². The predicted molar refractivity (Wildman–Crippen MR) is 86.5 cm³/mol. The molecule has 1 aliphatic heterocycles. The van der Waals surface area contributed by atoms with Crippen molar-refractivity contribution in [3.63, 3.8) is 0 Å². The number of carbonyl (C=O) groups excluding carboxylic acids is 1. The highest BCUT2D eigenvalue weighted by Gasteiger charge is 2.18. The lowest BCUT2D eigenvalue weighted by atomic mass is 10.3. The molecule has 7 heteroatoms. The van der Waals surface area contributed by atoms with E-state index < -0.39 is 0 Å². The van der Waals surface area contributed by atoms with E-state index in [0.717, 1.165) is 39.3 Å². The van der Waals surface area contributed by atoms with E-state index >= 15 is 0 Å². The van der Waals surface area contributed by atoms with Gasteiger partial charge in [0.25, 0.3) is 0 Å². The molecule has 7 nitrogen and oxygen atoms in total. The van der Waals surface area contributed by atoms with Crippen LogP contribution in [0.4, 0.5) is 0 Å². The molecule has 2 atom stereocenters. The highest BCUT2D eigenvalue weighted by molar-refractivity contribution is 5.73. The highest BCUT2D eigenvalue weighted by atomic mass is 16.3. The molecule has 0 aromatic heterocycles. The van der Waals surface area contributed by atoms with Gasteiger partial charge in [-0.1, -0.05) is 0 Å². The third-order valence-corrected chi connectivity index (χ3v) is 3.92. The lowest BCUT2D eigenvalue weighted by Gasteiger charge is -2.27. The van der Waals surface area contributed by atoms with Crippen molar-refractivity contribution in [3.8, 4) is 0 Å². The zero-order valence-corrected chi connectivity index (χ0v) is 13.9. The second-order valence-corrected chi connectivity index (χ2v) is 6.36. The van der Waals surface area contributed by atoms with Crippen molar-refractivity contribution < 1.29 is 15.0 Å². The Hall–Kier alpha value is -0.730. The summed E-state index contributed by atoms with van der Waals surface area (Å²) < 4.78 is 0.